The predicted octanol–water partition coefficient (Wildman–Crippen LogP) is 0.639. The van der Waals surface area contributed by atoms with E-state index in [0.717, 1.165) is 6.42 Å². The third-order valence-electron chi connectivity index (χ3n) is 1.51. The van der Waals surface area contributed by atoms with Gasteiger partial charge in [-0.05, 0) is 19.8 Å². The van der Waals surface area contributed by atoms with Gasteiger partial charge in [-0.15, -0.1) is 0 Å². The fourth-order valence-corrected chi connectivity index (χ4v) is 0.984. The highest BCUT2D eigenvalue weighted by atomic mass is 16.5. The molecular weight excluding hydrogens is 120 g/mol. The second kappa shape index (κ2) is 2.35. The van der Waals surface area contributed by atoms with Crippen LogP contribution in [0.25, 0.3) is 0 Å². The Morgan fingerprint density at radius 2 is 2.33 bits per heavy atom. The zero-order valence-electron chi connectivity index (χ0n) is 5.33. The molecule has 1 rings (SSSR count). The van der Waals surface area contributed by atoms with Crippen LogP contribution in [0.15, 0.2) is 0 Å². The summed E-state index contributed by atoms with van der Waals surface area (Å²) in [6, 6.07) is 0. The van der Waals surface area contributed by atoms with Crippen molar-refractivity contribution in [3.63, 3.8) is 0 Å². The van der Waals surface area contributed by atoms with Crippen LogP contribution in [0.4, 0.5) is 0 Å². The third kappa shape index (κ3) is 1.42. The molecule has 0 aliphatic carbocycles. The Labute approximate surface area is 53.6 Å². The molecule has 0 spiro atoms. The summed E-state index contributed by atoms with van der Waals surface area (Å²) in [5, 5.41) is 8.41. The van der Waals surface area contributed by atoms with E-state index in [2.05, 4.69) is 0 Å². The molecule has 2 atom stereocenters. The van der Waals surface area contributed by atoms with Crippen LogP contribution in [0.5, 0.6) is 0 Å². The van der Waals surface area contributed by atoms with Crippen LogP contribution in [0, 0.1) is 0 Å². The minimum Gasteiger partial charge on any atom is -0.479 e. The summed E-state index contributed by atoms with van der Waals surface area (Å²) >= 11 is 0. The van der Waals surface area contributed by atoms with E-state index in [1.54, 1.807) is 0 Å². The minimum atomic E-state index is -0.834. The third-order valence-corrected chi connectivity index (χ3v) is 1.51. The van der Waals surface area contributed by atoms with Crippen LogP contribution in [-0.4, -0.2) is 23.3 Å². The number of rotatable bonds is 1. The number of hydrogen-bond acceptors (Lipinski definition) is 2. The molecule has 0 aromatic carbocycles. The van der Waals surface area contributed by atoms with Crippen molar-refractivity contribution in [2.24, 2.45) is 0 Å². The summed E-state index contributed by atoms with van der Waals surface area (Å²) in [4.78, 5) is 10.2. The second-order valence-electron chi connectivity index (χ2n) is 2.35. The fourth-order valence-electron chi connectivity index (χ4n) is 0.984. The van der Waals surface area contributed by atoms with E-state index in [-0.39, 0.29) is 6.10 Å². The van der Waals surface area contributed by atoms with Crippen LogP contribution >= 0.6 is 0 Å². The fraction of sp³-hybridized carbons (Fsp3) is 0.833. The Morgan fingerprint density at radius 1 is 1.67 bits per heavy atom. The zero-order chi connectivity index (χ0) is 6.85. The van der Waals surface area contributed by atoms with Crippen LogP contribution < -0.4 is 0 Å². The van der Waals surface area contributed by atoms with Crippen LogP contribution in [0.2, 0.25) is 0 Å². The van der Waals surface area contributed by atoms with Crippen molar-refractivity contribution in [3.8, 4) is 0 Å². The van der Waals surface area contributed by atoms with Crippen molar-refractivity contribution in [1.82, 2.24) is 0 Å². The average molecular weight is 130 g/mol. The highest BCUT2D eigenvalue weighted by Gasteiger charge is 2.27. The van der Waals surface area contributed by atoms with Crippen LogP contribution in [0.3, 0.4) is 0 Å². The SMILES string of the molecule is C[C@@H]1CC[C@H](C(=O)O)O1. The van der Waals surface area contributed by atoms with E-state index < -0.39 is 12.1 Å². The van der Waals surface area contributed by atoms with Gasteiger partial charge >= 0.3 is 5.97 Å². The zero-order valence-corrected chi connectivity index (χ0v) is 5.33. The van der Waals surface area contributed by atoms with E-state index in [9.17, 15) is 4.79 Å². The normalized spacial score (nSPS) is 34.8. The van der Waals surface area contributed by atoms with E-state index in [1.165, 1.54) is 0 Å². The molecule has 0 aromatic rings. The van der Waals surface area contributed by atoms with Gasteiger partial charge in [-0.3, -0.25) is 0 Å². The summed E-state index contributed by atoms with van der Waals surface area (Å²) in [7, 11) is 0. The van der Waals surface area contributed by atoms with Gasteiger partial charge in [0.25, 0.3) is 0 Å². The predicted molar refractivity (Wildman–Crippen MR) is 31.2 cm³/mol. The minimum absolute atomic E-state index is 0.131. The first-order valence-corrected chi connectivity index (χ1v) is 3.08. The Kier molecular flexibility index (Phi) is 1.71. The van der Waals surface area contributed by atoms with Crippen molar-refractivity contribution < 1.29 is 14.6 Å². The number of carboxylic acid groups (broad SMARTS) is 1. The molecular formula is C6H10O3. The Hall–Kier alpha value is -0.570. The molecule has 0 amide bonds. The molecule has 1 aliphatic heterocycles. The van der Waals surface area contributed by atoms with Crippen molar-refractivity contribution in [1.29, 1.82) is 0 Å². The molecule has 1 saturated heterocycles. The van der Waals surface area contributed by atoms with Gasteiger partial charge in [-0.2, -0.15) is 0 Å². The number of carboxylic acids is 1. The molecule has 0 radical (unpaired) electrons. The molecule has 3 nitrogen and oxygen atoms in total. The topological polar surface area (TPSA) is 46.5 Å². The molecule has 1 aliphatic rings. The second-order valence-corrected chi connectivity index (χ2v) is 2.35. The lowest BCUT2D eigenvalue weighted by Crippen LogP contribution is -2.19. The van der Waals surface area contributed by atoms with Gasteiger partial charge in [0.15, 0.2) is 6.10 Å². The Balaban J connectivity index is 2.39. The smallest absolute Gasteiger partial charge is 0.332 e. The van der Waals surface area contributed by atoms with Crippen molar-refractivity contribution in [2.45, 2.75) is 32.0 Å². The molecule has 1 N–H and O–H groups in total. The molecule has 0 aromatic heterocycles. The Bertz CT molecular complexity index is 121. The molecule has 0 saturated carbocycles. The van der Waals surface area contributed by atoms with Crippen molar-refractivity contribution in [3.05, 3.63) is 0 Å². The highest BCUT2D eigenvalue weighted by Crippen LogP contribution is 2.18. The first kappa shape index (κ1) is 6.55. The van der Waals surface area contributed by atoms with Gasteiger partial charge in [0.2, 0.25) is 0 Å². The monoisotopic (exact) mass is 130 g/mol. The van der Waals surface area contributed by atoms with Crippen molar-refractivity contribution in [2.75, 3.05) is 0 Å². The molecule has 3 heteroatoms. The molecule has 1 fully saturated rings. The lowest BCUT2D eigenvalue weighted by atomic mass is 10.2. The summed E-state index contributed by atoms with van der Waals surface area (Å²) in [5.74, 6) is -0.834. The van der Waals surface area contributed by atoms with E-state index in [0.29, 0.717) is 6.42 Å². The molecule has 0 unspecified atom stereocenters. The maximum atomic E-state index is 10.2. The van der Waals surface area contributed by atoms with Gasteiger partial charge in [0.1, 0.15) is 0 Å². The summed E-state index contributed by atoms with van der Waals surface area (Å²) < 4.78 is 5.02. The van der Waals surface area contributed by atoms with Gasteiger partial charge in [0, 0.05) is 0 Å². The molecule has 0 bridgehead atoms. The van der Waals surface area contributed by atoms with E-state index >= 15 is 0 Å². The van der Waals surface area contributed by atoms with Crippen LogP contribution in [-0.2, 0) is 9.53 Å². The maximum Gasteiger partial charge on any atom is 0.332 e. The van der Waals surface area contributed by atoms with Gasteiger partial charge in [-0.25, -0.2) is 4.79 Å². The Morgan fingerprint density at radius 3 is 2.56 bits per heavy atom. The summed E-state index contributed by atoms with van der Waals surface area (Å²) in [6.07, 6.45) is 1.12. The van der Waals surface area contributed by atoms with Crippen LogP contribution in [0.1, 0.15) is 19.8 Å². The number of hydrogen-bond donors (Lipinski definition) is 1. The molecule has 52 valence electrons. The molecule has 1 heterocycles. The standard InChI is InChI=1S/C6H10O3/c1-4-2-3-5(9-4)6(7)8/h4-5H,2-3H2,1H3,(H,7,8)/t4-,5-/m1/s1. The first-order chi connectivity index (χ1) is 4.20. The summed E-state index contributed by atoms with van der Waals surface area (Å²) in [6.45, 7) is 1.89. The highest BCUT2D eigenvalue weighted by molar-refractivity contribution is 5.72. The number of ether oxygens (including phenoxy) is 1. The van der Waals surface area contributed by atoms with E-state index in [1.807, 2.05) is 6.92 Å². The lowest BCUT2D eigenvalue weighted by Gasteiger charge is -2.03. The maximum absolute atomic E-state index is 10.2. The lowest BCUT2D eigenvalue weighted by molar-refractivity contribution is -0.149. The average Bonchev–Trinajstić information content (AvgIpc) is 2.14. The van der Waals surface area contributed by atoms with Gasteiger partial charge in [-0.1, -0.05) is 0 Å². The van der Waals surface area contributed by atoms with Crippen molar-refractivity contribution >= 4 is 5.97 Å². The van der Waals surface area contributed by atoms with E-state index in [4.69, 9.17) is 9.84 Å². The number of carbonyl (C=O) groups is 1. The quantitative estimate of drug-likeness (QED) is 0.566. The summed E-state index contributed by atoms with van der Waals surface area (Å²) in [5.41, 5.74) is 0. The number of aliphatic carboxylic acids is 1. The first-order valence-electron chi connectivity index (χ1n) is 3.08. The molecule has 9 heavy (non-hydrogen) atoms. The van der Waals surface area contributed by atoms with Gasteiger partial charge in [0.05, 0.1) is 6.10 Å². The largest absolute Gasteiger partial charge is 0.479 e. The van der Waals surface area contributed by atoms with Gasteiger partial charge < -0.3 is 9.84 Å².